The number of ether oxygens (including phenoxy) is 1. The Morgan fingerprint density at radius 1 is 0.852 bits per heavy atom. The van der Waals surface area contributed by atoms with Gasteiger partial charge in [0.15, 0.2) is 0 Å². The van der Waals surface area contributed by atoms with Crippen LogP contribution in [0.4, 0.5) is 10.7 Å². The van der Waals surface area contributed by atoms with Crippen LogP contribution in [0.2, 0.25) is 0 Å². The number of rotatable bonds is 10. The first-order chi connectivity index (χ1) is 26.2. The molecule has 2 saturated heterocycles. The van der Waals surface area contributed by atoms with Gasteiger partial charge in [0, 0.05) is 44.2 Å². The van der Waals surface area contributed by atoms with Gasteiger partial charge in [0.1, 0.15) is 17.7 Å². The number of para-hydroxylation sites is 4. The third-order valence-electron chi connectivity index (χ3n) is 11.1. The molecule has 0 radical (unpaired) electrons. The zero-order chi connectivity index (χ0) is 37.2. The molecule has 5 heterocycles. The van der Waals surface area contributed by atoms with E-state index in [1.807, 2.05) is 37.8 Å². The largest absolute Gasteiger partial charge is 0.444 e. The number of nitrogens with zero attached hydrogens (tertiary/aromatic N) is 6. The SMILES string of the molecule is CC(C)(C)OC(=O)N1CCC(C(CNC(O)C2CCN(c3nc4ccccc4n3Cc3ccsc3)CC2)n2c(-c3ccccc3)nc3ccccc32)CC1. The molecule has 2 aliphatic rings. The van der Waals surface area contributed by atoms with Crippen LogP contribution in [0.3, 0.4) is 0 Å². The normalized spacial score (nSPS) is 17.3. The first kappa shape index (κ1) is 36.3. The number of hydrogen-bond donors (Lipinski definition) is 2. The number of likely N-dealkylation sites (tertiary alicyclic amines) is 1. The zero-order valence-electron chi connectivity index (χ0n) is 31.5. The zero-order valence-corrected chi connectivity index (χ0v) is 32.3. The third-order valence-corrected chi connectivity index (χ3v) is 11.8. The third kappa shape index (κ3) is 7.76. The lowest BCUT2D eigenvalue weighted by Gasteiger charge is -2.39. The standard InChI is InChI=1S/C43H51N7O3S/c1-43(2,3)53-42(52)48-24-17-31(18-25-48)38(50-37-16-10-8-14-35(37)45-39(50)32-11-5-4-6-12-32)27-44-40(51)33-19-22-47(23-20-33)41-46-34-13-7-9-15-36(34)49(41)28-30-21-26-54-29-30/h4-16,21,26,29,31,33,38,40,44,51H,17-20,22-25,27-28H2,1-3H3. The lowest BCUT2D eigenvalue weighted by atomic mass is 9.88. The molecule has 2 aliphatic heterocycles. The number of benzene rings is 3. The van der Waals surface area contributed by atoms with Gasteiger partial charge in [-0.15, -0.1) is 0 Å². The number of anilines is 1. The molecule has 0 aliphatic carbocycles. The number of aliphatic hydroxyl groups excluding tert-OH is 1. The minimum absolute atomic E-state index is 0.000133. The number of aliphatic hydroxyl groups is 1. The molecular formula is C43H51N7O3S. The Kier molecular flexibility index (Phi) is 10.5. The van der Waals surface area contributed by atoms with Gasteiger partial charge in [-0.2, -0.15) is 11.3 Å². The predicted molar refractivity (Wildman–Crippen MR) is 217 cm³/mol. The highest BCUT2D eigenvalue weighted by molar-refractivity contribution is 7.07. The first-order valence-corrected chi connectivity index (χ1v) is 20.3. The van der Waals surface area contributed by atoms with Crippen LogP contribution in [0, 0.1) is 11.8 Å². The molecule has 10 nitrogen and oxygen atoms in total. The summed E-state index contributed by atoms with van der Waals surface area (Å²) in [6.45, 7) is 10.0. The maximum absolute atomic E-state index is 13.0. The highest BCUT2D eigenvalue weighted by Crippen LogP contribution is 2.37. The molecule has 0 spiro atoms. The number of amides is 1. The molecule has 2 fully saturated rings. The fourth-order valence-corrected chi connectivity index (χ4v) is 8.94. The topological polar surface area (TPSA) is 101 Å². The summed E-state index contributed by atoms with van der Waals surface area (Å²) in [6.07, 6.45) is 2.46. The smallest absolute Gasteiger partial charge is 0.410 e. The molecular weight excluding hydrogens is 695 g/mol. The van der Waals surface area contributed by atoms with E-state index in [0.717, 1.165) is 84.7 Å². The van der Waals surface area contributed by atoms with Crippen LogP contribution in [-0.4, -0.2) is 79.8 Å². The van der Waals surface area contributed by atoms with E-state index in [2.05, 4.69) is 103 Å². The van der Waals surface area contributed by atoms with E-state index in [1.165, 1.54) is 5.56 Å². The summed E-state index contributed by atoms with van der Waals surface area (Å²) < 4.78 is 10.5. The Morgan fingerprint density at radius 2 is 1.50 bits per heavy atom. The molecule has 3 aromatic carbocycles. The average molecular weight is 746 g/mol. The number of nitrogens with one attached hydrogen (secondary N) is 1. The summed E-state index contributed by atoms with van der Waals surface area (Å²) in [6, 6.07) is 29.3. The Bertz CT molecular complexity index is 2160. The second-order valence-corrected chi connectivity index (χ2v) is 16.6. The van der Waals surface area contributed by atoms with Crippen molar-refractivity contribution in [2.24, 2.45) is 11.8 Å². The molecule has 8 rings (SSSR count). The fraction of sp³-hybridized carbons (Fsp3) is 0.419. The number of hydrogen-bond acceptors (Lipinski definition) is 8. The average Bonchev–Trinajstić information content (AvgIpc) is 3.93. The molecule has 0 saturated carbocycles. The van der Waals surface area contributed by atoms with E-state index in [0.29, 0.717) is 19.6 Å². The molecule has 0 bridgehead atoms. The van der Waals surface area contributed by atoms with Crippen molar-refractivity contribution in [2.45, 2.75) is 70.9 Å². The molecule has 2 atom stereocenters. The van der Waals surface area contributed by atoms with E-state index >= 15 is 0 Å². The maximum atomic E-state index is 13.0. The van der Waals surface area contributed by atoms with Gasteiger partial charge >= 0.3 is 6.09 Å². The predicted octanol–water partition coefficient (Wildman–Crippen LogP) is 8.18. The summed E-state index contributed by atoms with van der Waals surface area (Å²) in [5, 5.41) is 19.8. The molecule has 6 aromatic rings. The summed E-state index contributed by atoms with van der Waals surface area (Å²) in [5.74, 6) is 2.29. The molecule has 11 heteroatoms. The number of thiophene rings is 1. The molecule has 54 heavy (non-hydrogen) atoms. The van der Waals surface area contributed by atoms with Gasteiger partial charge in [0.2, 0.25) is 5.95 Å². The van der Waals surface area contributed by atoms with Crippen LogP contribution in [0.15, 0.2) is 95.7 Å². The van der Waals surface area contributed by atoms with E-state index in [9.17, 15) is 9.90 Å². The van der Waals surface area contributed by atoms with Gasteiger partial charge < -0.3 is 28.8 Å². The van der Waals surface area contributed by atoms with Crippen molar-refractivity contribution in [1.29, 1.82) is 0 Å². The minimum atomic E-state index is -0.656. The molecule has 2 N–H and O–H groups in total. The van der Waals surface area contributed by atoms with Crippen molar-refractivity contribution < 1.29 is 14.6 Å². The van der Waals surface area contributed by atoms with E-state index in [1.54, 1.807) is 11.3 Å². The Morgan fingerprint density at radius 3 is 2.19 bits per heavy atom. The molecule has 3 aromatic heterocycles. The van der Waals surface area contributed by atoms with Crippen molar-refractivity contribution in [2.75, 3.05) is 37.6 Å². The minimum Gasteiger partial charge on any atom is -0.444 e. The van der Waals surface area contributed by atoms with Crippen LogP contribution in [0.1, 0.15) is 58.1 Å². The van der Waals surface area contributed by atoms with Crippen LogP contribution < -0.4 is 10.2 Å². The number of aromatic nitrogens is 4. The monoisotopic (exact) mass is 745 g/mol. The highest BCUT2D eigenvalue weighted by atomic mass is 32.1. The van der Waals surface area contributed by atoms with Crippen molar-refractivity contribution in [3.05, 3.63) is 101 Å². The Hall–Kier alpha value is -4.71. The maximum Gasteiger partial charge on any atom is 0.410 e. The Labute approximate surface area is 321 Å². The number of fused-ring (bicyclic) bond motifs is 2. The van der Waals surface area contributed by atoms with E-state index in [4.69, 9.17) is 14.7 Å². The van der Waals surface area contributed by atoms with Gasteiger partial charge in [-0.3, -0.25) is 5.32 Å². The summed E-state index contributed by atoms with van der Waals surface area (Å²) in [5.41, 5.74) is 5.99. The first-order valence-electron chi connectivity index (χ1n) is 19.3. The number of carbonyl (C=O) groups is 1. The highest BCUT2D eigenvalue weighted by Gasteiger charge is 2.35. The van der Waals surface area contributed by atoms with E-state index < -0.39 is 11.8 Å². The second kappa shape index (κ2) is 15.6. The fourth-order valence-electron chi connectivity index (χ4n) is 8.28. The lowest BCUT2D eigenvalue weighted by molar-refractivity contribution is 0.0152. The number of imidazole rings is 2. The van der Waals surface area contributed by atoms with E-state index in [-0.39, 0.29) is 24.0 Å². The molecule has 282 valence electrons. The number of piperidine rings is 2. The summed E-state index contributed by atoms with van der Waals surface area (Å²) in [4.78, 5) is 27.5. The number of carbonyl (C=O) groups excluding carboxylic acids is 1. The van der Waals surface area contributed by atoms with Crippen LogP contribution in [0.5, 0.6) is 0 Å². The van der Waals surface area contributed by atoms with Crippen LogP contribution >= 0.6 is 11.3 Å². The second-order valence-electron chi connectivity index (χ2n) is 15.8. The van der Waals surface area contributed by atoms with Crippen molar-refractivity contribution >= 4 is 45.4 Å². The van der Waals surface area contributed by atoms with Crippen LogP contribution in [0.25, 0.3) is 33.5 Å². The quantitative estimate of drug-likeness (QED) is 0.137. The van der Waals surface area contributed by atoms with Crippen molar-refractivity contribution in [3.8, 4) is 11.4 Å². The van der Waals surface area contributed by atoms with Gasteiger partial charge in [-0.05, 0) is 99.0 Å². The van der Waals surface area contributed by atoms with Gasteiger partial charge in [0.05, 0.1) is 34.7 Å². The van der Waals surface area contributed by atoms with Gasteiger partial charge in [-0.25, -0.2) is 14.8 Å². The van der Waals surface area contributed by atoms with Gasteiger partial charge in [-0.1, -0.05) is 54.6 Å². The van der Waals surface area contributed by atoms with Crippen molar-refractivity contribution in [1.82, 2.24) is 29.3 Å². The molecule has 2 unspecified atom stereocenters. The molecule has 1 amide bonds. The van der Waals surface area contributed by atoms with Gasteiger partial charge in [0.25, 0.3) is 0 Å². The summed E-state index contributed by atoms with van der Waals surface area (Å²) >= 11 is 1.72. The summed E-state index contributed by atoms with van der Waals surface area (Å²) in [7, 11) is 0. The lowest BCUT2D eigenvalue weighted by Crippen LogP contribution is -2.47. The Balaban J connectivity index is 1.01. The van der Waals surface area contributed by atoms with Crippen molar-refractivity contribution in [3.63, 3.8) is 0 Å². The van der Waals surface area contributed by atoms with Crippen LogP contribution in [-0.2, 0) is 11.3 Å².